The van der Waals surface area contributed by atoms with Gasteiger partial charge in [0.25, 0.3) is 0 Å². The van der Waals surface area contributed by atoms with Crippen LogP contribution in [0.25, 0.3) is 77.2 Å². The SMILES string of the molecule is O=P1(c2ccccc2)c2ccccc2-c2ccc3c(c21)c1ccccc1n3-c1ccc(-c2ccc(N(c3ccccc3)c3ccc4c5ccccc5n(-c5ccccc5)c4c3)cc2)cc1. The van der Waals surface area contributed by atoms with E-state index in [0.717, 1.165) is 93.9 Å². The number of aromatic nitrogens is 2. The molecule has 1 atom stereocenters. The third kappa shape index (κ3) is 5.68. The molecular weight excluding hydrogens is 810 g/mol. The van der Waals surface area contributed by atoms with Gasteiger partial charge in [0.05, 0.1) is 22.1 Å². The van der Waals surface area contributed by atoms with E-state index in [1.807, 2.05) is 36.4 Å². The highest BCUT2D eigenvalue weighted by Gasteiger charge is 2.42. The first-order chi connectivity index (χ1) is 32.1. The number of nitrogens with zero attached hydrogens (tertiary/aromatic N) is 3. The van der Waals surface area contributed by atoms with E-state index in [1.54, 1.807) is 0 Å². The molecule has 2 aromatic heterocycles. The normalized spacial score (nSPS) is 14.3. The average molecular weight is 850 g/mol. The number of rotatable bonds is 7. The van der Waals surface area contributed by atoms with E-state index >= 15 is 4.57 Å². The minimum atomic E-state index is -3.18. The summed E-state index contributed by atoms with van der Waals surface area (Å²) >= 11 is 0. The van der Waals surface area contributed by atoms with Gasteiger partial charge in [-0.1, -0.05) is 164 Å². The summed E-state index contributed by atoms with van der Waals surface area (Å²) in [6.45, 7) is 0. The Morgan fingerprint density at radius 1 is 0.354 bits per heavy atom. The van der Waals surface area contributed by atoms with Gasteiger partial charge in [0.2, 0.25) is 0 Å². The molecule has 0 radical (unpaired) electrons. The lowest BCUT2D eigenvalue weighted by Crippen LogP contribution is -2.21. The van der Waals surface area contributed by atoms with E-state index in [-0.39, 0.29) is 0 Å². The Morgan fingerprint density at radius 2 is 0.877 bits per heavy atom. The summed E-state index contributed by atoms with van der Waals surface area (Å²) < 4.78 is 20.5. The molecule has 1 aliphatic heterocycles. The molecule has 0 saturated heterocycles. The van der Waals surface area contributed by atoms with Crippen molar-refractivity contribution < 1.29 is 4.57 Å². The summed E-state index contributed by atoms with van der Waals surface area (Å²) in [5.41, 5.74) is 14.3. The van der Waals surface area contributed by atoms with Crippen molar-refractivity contribution >= 4 is 83.7 Å². The van der Waals surface area contributed by atoms with Crippen LogP contribution in [-0.4, -0.2) is 9.13 Å². The van der Waals surface area contributed by atoms with Gasteiger partial charge in [-0.2, -0.15) is 0 Å². The van der Waals surface area contributed by atoms with E-state index < -0.39 is 7.14 Å². The van der Waals surface area contributed by atoms with E-state index in [0.29, 0.717) is 0 Å². The second kappa shape index (κ2) is 14.7. The number of hydrogen-bond acceptors (Lipinski definition) is 2. The van der Waals surface area contributed by atoms with Gasteiger partial charge in [-0.3, -0.25) is 0 Å². The molecule has 1 aliphatic rings. The maximum Gasteiger partial charge on any atom is 0.172 e. The zero-order chi connectivity index (χ0) is 43.1. The molecule has 65 heavy (non-hydrogen) atoms. The predicted molar refractivity (Wildman–Crippen MR) is 274 cm³/mol. The summed E-state index contributed by atoms with van der Waals surface area (Å²) in [5, 5.41) is 7.35. The van der Waals surface area contributed by atoms with E-state index in [4.69, 9.17) is 0 Å². The largest absolute Gasteiger partial charge is 0.310 e. The second-order valence-electron chi connectivity index (χ2n) is 16.8. The molecule has 0 spiro atoms. The Kier molecular flexibility index (Phi) is 8.46. The van der Waals surface area contributed by atoms with E-state index in [1.165, 1.54) is 16.3 Å². The third-order valence-corrected chi connectivity index (χ3v) is 16.5. The molecule has 0 N–H and O–H groups in total. The van der Waals surface area contributed by atoms with Crippen LogP contribution in [0.1, 0.15) is 0 Å². The molecule has 4 nitrogen and oxygen atoms in total. The van der Waals surface area contributed by atoms with Crippen molar-refractivity contribution in [3.63, 3.8) is 0 Å². The van der Waals surface area contributed by atoms with Crippen molar-refractivity contribution in [3.05, 3.63) is 243 Å². The summed E-state index contributed by atoms with van der Waals surface area (Å²) in [4.78, 5) is 2.34. The van der Waals surface area contributed by atoms with Gasteiger partial charge in [0.15, 0.2) is 7.14 Å². The Balaban J connectivity index is 0.896. The van der Waals surface area contributed by atoms with Crippen LogP contribution in [-0.2, 0) is 4.57 Å². The number of anilines is 3. The Hall–Kier alpha value is -8.17. The molecule has 12 aromatic rings. The number of para-hydroxylation sites is 4. The maximum absolute atomic E-state index is 15.8. The molecule has 0 fully saturated rings. The monoisotopic (exact) mass is 849 g/mol. The van der Waals surface area contributed by atoms with Gasteiger partial charge >= 0.3 is 0 Å². The van der Waals surface area contributed by atoms with Crippen LogP contribution in [0.4, 0.5) is 17.1 Å². The summed E-state index contributed by atoms with van der Waals surface area (Å²) in [5.74, 6) is 0. The minimum absolute atomic E-state index is 0.866. The maximum atomic E-state index is 15.8. The van der Waals surface area contributed by atoms with Crippen molar-refractivity contribution in [2.45, 2.75) is 0 Å². The van der Waals surface area contributed by atoms with E-state index in [9.17, 15) is 0 Å². The number of hydrogen-bond donors (Lipinski definition) is 0. The zero-order valence-corrected chi connectivity index (χ0v) is 36.2. The molecule has 0 saturated carbocycles. The molecule has 13 rings (SSSR count). The fourth-order valence-electron chi connectivity index (χ4n) is 10.5. The molecule has 3 heterocycles. The Morgan fingerprint density at radius 3 is 1.62 bits per heavy atom. The molecule has 306 valence electrons. The highest BCUT2D eigenvalue weighted by Crippen LogP contribution is 2.55. The highest BCUT2D eigenvalue weighted by atomic mass is 31.2. The molecular formula is C60H40N3OP. The lowest BCUT2D eigenvalue weighted by molar-refractivity contribution is 0.593. The third-order valence-electron chi connectivity index (χ3n) is 13.3. The van der Waals surface area contributed by atoms with Gasteiger partial charge in [0, 0.05) is 65.9 Å². The lowest BCUT2D eigenvalue weighted by atomic mass is 10.0. The van der Waals surface area contributed by atoms with Gasteiger partial charge in [-0.05, 0) is 101 Å². The fraction of sp³-hybridized carbons (Fsp3) is 0. The van der Waals surface area contributed by atoms with Crippen LogP contribution < -0.4 is 20.8 Å². The molecule has 1 unspecified atom stereocenters. The van der Waals surface area contributed by atoms with Crippen LogP contribution in [0, 0.1) is 0 Å². The molecule has 0 bridgehead atoms. The van der Waals surface area contributed by atoms with Crippen molar-refractivity contribution in [3.8, 4) is 33.6 Å². The van der Waals surface area contributed by atoms with Crippen LogP contribution in [0.3, 0.4) is 0 Å². The minimum Gasteiger partial charge on any atom is -0.310 e. The number of fused-ring (bicyclic) bond motifs is 10. The number of benzene rings is 10. The first-order valence-corrected chi connectivity index (χ1v) is 23.8. The van der Waals surface area contributed by atoms with Crippen molar-refractivity contribution in [1.82, 2.24) is 9.13 Å². The van der Waals surface area contributed by atoms with Crippen LogP contribution in [0.15, 0.2) is 243 Å². The average Bonchev–Trinajstić information content (AvgIpc) is 3.99. The van der Waals surface area contributed by atoms with Crippen LogP contribution in [0.2, 0.25) is 0 Å². The topological polar surface area (TPSA) is 30.2 Å². The summed E-state index contributed by atoms with van der Waals surface area (Å²) in [6, 6.07) is 85.8. The molecule has 5 heteroatoms. The van der Waals surface area contributed by atoms with Gasteiger partial charge in [0.1, 0.15) is 0 Å². The predicted octanol–water partition coefficient (Wildman–Crippen LogP) is 14.6. The van der Waals surface area contributed by atoms with Crippen molar-refractivity contribution in [2.24, 2.45) is 0 Å². The quantitative estimate of drug-likeness (QED) is 0.150. The molecule has 10 aromatic carbocycles. The standard InChI is InChI=1S/C60H40N3OP/c64-65(48-20-8-3-9-21-48)58-27-15-12-23-51(58)52-38-39-56-59(60(52)65)53-24-11-14-26-55(53)62(56)46-34-30-42(31-35-46)41-28-32-45(33-29-41)61(43-16-4-1-5-17-43)47-36-37-50-49-22-10-13-25-54(49)63(57(50)40-47)44-18-6-2-7-19-44/h1-40H. The smallest absolute Gasteiger partial charge is 0.172 e. The first-order valence-electron chi connectivity index (χ1n) is 22.1. The van der Waals surface area contributed by atoms with Crippen molar-refractivity contribution in [1.29, 1.82) is 0 Å². The van der Waals surface area contributed by atoms with Crippen LogP contribution >= 0.6 is 7.14 Å². The van der Waals surface area contributed by atoms with Gasteiger partial charge in [-0.15, -0.1) is 0 Å². The zero-order valence-electron chi connectivity index (χ0n) is 35.3. The summed E-state index contributed by atoms with van der Waals surface area (Å²) in [6.07, 6.45) is 0. The molecule has 0 aliphatic carbocycles. The van der Waals surface area contributed by atoms with Gasteiger partial charge in [-0.25, -0.2) is 0 Å². The molecule has 0 amide bonds. The Bertz CT molecular complexity index is 3840. The summed E-state index contributed by atoms with van der Waals surface area (Å²) in [7, 11) is -3.18. The van der Waals surface area contributed by atoms with Crippen molar-refractivity contribution in [2.75, 3.05) is 4.90 Å². The van der Waals surface area contributed by atoms with Crippen LogP contribution in [0.5, 0.6) is 0 Å². The highest BCUT2D eigenvalue weighted by molar-refractivity contribution is 7.86. The lowest BCUT2D eigenvalue weighted by Gasteiger charge is -2.26. The fourth-order valence-corrected chi connectivity index (χ4v) is 13.7. The van der Waals surface area contributed by atoms with E-state index in [2.05, 4.69) is 220 Å². The van der Waals surface area contributed by atoms with Gasteiger partial charge < -0.3 is 18.6 Å². The first kappa shape index (κ1) is 37.4. The second-order valence-corrected chi connectivity index (χ2v) is 19.5. The Labute approximate surface area is 376 Å².